The Bertz CT molecular complexity index is 1110. The summed E-state index contributed by atoms with van der Waals surface area (Å²) in [5.41, 5.74) is 1.78. The van der Waals surface area contributed by atoms with Gasteiger partial charge in [-0.25, -0.2) is 8.42 Å². The molecule has 1 N–H and O–H groups in total. The van der Waals surface area contributed by atoms with Crippen molar-refractivity contribution in [2.24, 2.45) is 5.92 Å². The van der Waals surface area contributed by atoms with Crippen LogP contribution < -0.4 is 5.32 Å². The normalized spacial score (nSPS) is 13.2. The largest absolute Gasteiger partial charge is 0.345 e. The second-order valence-corrected chi connectivity index (χ2v) is 10.6. The minimum absolute atomic E-state index is 0.142. The van der Waals surface area contributed by atoms with Crippen LogP contribution >= 0.6 is 11.3 Å². The average molecular weight is 420 g/mol. The molecule has 2 aromatic heterocycles. The van der Waals surface area contributed by atoms with Crippen molar-refractivity contribution < 1.29 is 13.2 Å². The highest BCUT2D eigenvalue weighted by Gasteiger charge is 2.19. The molecule has 150 valence electrons. The average Bonchev–Trinajstić information content (AvgIpc) is 3.15. The zero-order valence-electron chi connectivity index (χ0n) is 16.7. The molecule has 0 radical (unpaired) electrons. The van der Waals surface area contributed by atoms with Crippen LogP contribution in [0.3, 0.4) is 0 Å². The van der Waals surface area contributed by atoms with Crippen molar-refractivity contribution in [2.75, 3.05) is 6.26 Å². The van der Waals surface area contributed by atoms with Gasteiger partial charge in [-0.2, -0.15) is 5.10 Å². The van der Waals surface area contributed by atoms with Gasteiger partial charge in [0.25, 0.3) is 5.91 Å². The molecule has 3 rings (SSSR count). The number of hydrogen-bond donors (Lipinski definition) is 1. The van der Waals surface area contributed by atoms with E-state index in [-0.39, 0.29) is 16.8 Å². The van der Waals surface area contributed by atoms with Gasteiger partial charge in [0.1, 0.15) is 4.83 Å². The van der Waals surface area contributed by atoms with E-state index in [1.165, 1.54) is 17.6 Å². The summed E-state index contributed by atoms with van der Waals surface area (Å²) >= 11 is 1.45. The Kier molecular flexibility index (Phi) is 5.63. The van der Waals surface area contributed by atoms with E-state index >= 15 is 0 Å². The molecule has 0 aliphatic heterocycles. The second kappa shape index (κ2) is 7.67. The molecule has 0 aliphatic carbocycles. The molecule has 0 aliphatic rings. The van der Waals surface area contributed by atoms with Crippen LogP contribution in [0.5, 0.6) is 0 Å². The lowest BCUT2D eigenvalue weighted by atomic mass is 10.1. The van der Waals surface area contributed by atoms with Gasteiger partial charge in [-0.1, -0.05) is 26.0 Å². The van der Waals surface area contributed by atoms with Crippen molar-refractivity contribution >= 4 is 37.3 Å². The lowest BCUT2D eigenvalue weighted by Gasteiger charge is -2.14. The van der Waals surface area contributed by atoms with Crippen LogP contribution in [0.1, 0.15) is 47.7 Å². The van der Waals surface area contributed by atoms with Crippen LogP contribution in [-0.4, -0.2) is 30.4 Å². The highest BCUT2D eigenvalue weighted by atomic mass is 32.2. The van der Waals surface area contributed by atoms with Gasteiger partial charge >= 0.3 is 0 Å². The molecule has 0 bridgehead atoms. The van der Waals surface area contributed by atoms with Gasteiger partial charge in [0.05, 0.1) is 21.5 Å². The molecule has 0 saturated carbocycles. The van der Waals surface area contributed by atoms with Gasteiger partial charge in [0.15, 0.2) is 9.84 Å². The van der Waals surface area contributed by atoms with Gasteiger partial charge in [-0.15, -0.1) is 11.3 Å². The molecular weight excluding hydrogens is 394 g/mol. The van der Waals surface area contributed by atoms with E-state index in [2.05, 4.69) is 24.3 Å². The van der Waals surface area contributed by atoms with Crippen LogP contribution in [0.15, 0.2) is 35.2 Å². The highest BCUT2D eigenvalue weighted by molar-refractivity contribution is 7.90. The predicted octanol–water partition coefficient (Wildman–Crippen LogP) is 3.96. The maximum absolute atomic E-state index is 12.7. The molecule has 0 fully saturated rings. The third kappa shape index (κ3) is 4.28. The van der Waals surface area contributed by atoms with E-state index in [0.29, 0.717) is 10.8 Å². The number of benzene rings is 1. The van der Waals surface area contributed by atoms with Gasteiger partial charge in [-0.05, 0) is 43.5 Å². The molecule has 1 amide bonds. The van der Waals surface area contributed by atoms with Crippen LogP contribution in [0, 0.1) is 12.8 Å². The number of carbonyl (C=O) groups excluding carboxylic acids is 1. The van der Waals surface area contributed by atoms with Crippen molar-refractivity contribution in [2.45, 2.75) is 45.2 Å². The monoisotopic (exact) mass is 419 g/mol. The maximum atomic E-state index is 12.7. The Hall–Kier alpha value is -2.19. The number of nitrogens with one attached hydrogen (secondary N) is 1. The standard InChI is InChI=1S/C20H25N3O3S2/c1-12(2)11-23-20-17(14(4)22-23)10-18(27-20)19(24)21-13(3)15-6-8-16(9-7-15)28(5,25)26/h6-10,12-13H,11H2,1-5H3,(H,21,24). The Morgan fingerprint density at radius 1 is 1.21 bits per heavy atom. The van der Waals surface area contributed by atoms with Crippen LogP contribution in [0.4, 0.5) is 0 Å². The van der Waals surface area contributed by atoms with Crippen LogP contribution in [0.25, 0.3) is 10.2 Å². The smallest absolute Gasteiger partial charge is 0.261 e. The fourth-order valence-electron chi connectivity index (χ4n) is 3.05. The summed E-state index contributed by atoms with van der Waals surface area (Å²) in [7, 11) is -3.23. The number of amides is 1. The van der Waals surface area contributed by atoms with E-state index < -0.39 is 9.84 Å². The first-order valence-corrected chi connectivity index (χ1v) is 11.8. The van der Waals surface area contributed by atoms with Crippen molar-refractivity contribution in [3.8, 4) is 0 Å². The quantitative estimate of drug-likeness (QED) is 0.656. The lowest BCUT2D eigenvalue weighted by Crippen LogP contribution is -2.25. The Balaban J connectivity index is 1.79. The molecule has 1 aromatic carbocycles. The fraction of sp³-hybridized carbons (Fsp3) is 0.400. The molecule has 2 heterocycles. The highest BCUT2D eigenvalue weighted by Crippen LogP contribution is 2.29. The number of aryl methyl sites for hydroxylation is 1. The topological polar surface area (TPSA) is 81.1 Å². The minimum Gasteiger partial charge on any atom is -0.345 e. The van der Waals surface area contributed by atoms with Crippen molar-refractivity contribution in [3.05, 3.63) is 46.5 Å². The number of thiophene rings is 1. The summed E-state index contributed by atoms with van der Waals surface area (Å²) < 4.78 is 25.1. The fourth-order valence-corrected chi connectivity index (χ4v) is 4.75. The molecular formula is C20H25N3O3S2. The third-order valence-corrected chi connectivity index (χ3v) is 6.80. The van der Waals surface area contributed by atoms with E-state index in [0.717, 1.165) is 28.0 Å². The molecule has 6 nitrogen and oxygen atoms in total. The molecule has 0 spiro atoms. The number of sulfone groups is 1. The first-order valence-electron chi connectivity index (χ1n) is 9.14. The Labute approximate surface area is 169 Å². The number of nitrogens with zero attached hydrogens (tertiary/aromatic N) is 2. The number of fused-ring (bicyclic) bond motifs is 1. The summed E-state index contributed by atoms with van der Waals surface area (Å²) in [6, 6.07) is 8.26. The number of hydrogen-bond acceptors (Lipinski definition) is 5. The first kappa shape index (κ1) is 20.5. The van der Waals surface area contributed by atoms with E-state index in [4.69, 9.17) is 0 Å². The SMILES string of the molecule is Cc1nn(CC(C)C)c2sc(C(=O)NC(C)c3ccc(S(C)(=O)=O)cc3)cc12. The number of carbonyl (C=O) groups is 1. The summed E-state index contributed by atoms with van der Waals surface area (Å²) in [4.78, 5) is 14.7. The molecule has 1 atom stereocenters. The number of rotatable bonds is 6. The lowest BCUT2D eigenvalue weighted by molar-refractivity contribution is 0.0944. The van der Waals surface area contributed by atoms with E-state index in [1.807, 2.05) is 24.6 Å². The summed E-state index contributed by atoms with van der Waals surface area (Å²) in [6.45, 7) is 8.93. The Morgan fingerprint density at radius 2 is 1.86 bits per heavy atom. The summed E-state index contributed by atoms with van der Waals surface area (Å²) in [6.07, 6.45) is 1.18. The van der Waals surface area contributed by atoms with Gasteiger partial charge < -0.3 is 5.32 Å². The van der Waals surface area contributed by atoms with Crippen molar-refractivity contribution in [3.63, 3.8) is 0 Å². The maximum Gasteiger partial charge on any atom is 0.261 e. The zero-order valence-corrected chi connectivity index (χ0v) is 18.3. The third-order valence-electron chi connectivity index (χ3n) is 4.53. The molecule has 8 heteroatoms. The molecule has 3 aromatic rings. The number of aromatic nitrogens is 2. The van der Waals surface area contributed by atoms with Gasteiger partial charge in [0, 0.05) is 18.2 Å². The van der Waals surface area contributed by atoms with E-state index in [1.54, 1.807) is 24.3 Å². The first-order chi connectivity index (χ1) is 13.1. The second-order valence-electron chi connectivity index (χ2n) is 7.53. The Morgan fingerprint density at radius 3 is 2.43 bits per heavy atom. The van der Waals surface area contributed by atoms with Crippen molar-refractivity contribution in [1.82, 2.24) is 15.1 Å². The predicted molar refractivity (Wildman–Crippen MR) is 113 cm³/mol. The molecule has 0 saturated heterocycles. The molecule has 28 heavy (non-hydrogen) atoms. The zero-order chi connectivity index (χ0) is 20.6. The van der Waals surface area contributed by atoms with Crippen molar-refractivity contribution in [1.29, 1.82) is 0 Å². The van der Waals surface area contributed by atoms with Crippen LogP contribution in [-0.2, 0) is 16.4 Å². The van der Waals surface area contributed by atoms with Gasteiger partial charge in [-0.3, -0.25) is 9.48 Å². The van der Waals surface area contributed by atoms with E-state index in [9.17, 15) is 13.2 Å². The van der Waals surface area contributed by atoms with Crippen LogP contribution in [0.2, 0.25) is 0 Å². The summed E-state index contributed by atoms with van der Waals surface area (Å²) in [5.74, 6) is 0.327. The molecule has 1 unspecified atom stereocenters. The van der Waals surface area contributed by atoms with Gasteiger partial charge in [0.2, 0.25) is 0 Å². The summed E-state index contributed by atoms with van der Waals surface area (Å²) in [5, 5.41) is 8.58. The minimum atomic E-state index is -3.23.